The number of nitrogens with zero attached hydrogens (tertiary/aromatic N) is 2. The fourth-order valence-electron chi connectivity index (χ4n) is 5.46. The van der Waals surface area contributed by atoms with Crippen molar-refractivity contribution in [1.29, 1.82) is 0 Å². The Morgan fingerprint density at radius 1 is 1.05 bits per heavy atom. The Kier molecular flexibility index (Phi) is 5.97. The lowest BCUT2D eigenvalue weighted by atomic mass is 9.93. The molecule has 0 saturated carbocycles. The third-order valence-electron chi connectivity index (χ3n) is 7.33. The molecule has 186 valence electrons. The van der Waals surface area contributed by atoms with E-state index >= 15 is 0 Å². The first-order valence-electron chi connectivity index (χ1n) is 12.7. The predicted octanol–water partition coefficient (Wildman–Crippen LogP) is 6.32. The fourth-order valence-corrected chi connectivity index (χ4v) is 5.46. The fraction of sp³-hybridized carbons (Fsp3) is 0.226. The van der Waals surface area contributed by atoms with Crippen LogP contribution in [0.25, 0.3) is 44.1 Å². The maximum absolute atomic E-state index is 14.4. The number of aromatic amines is 1. The van der Waals surface area contributed by atoms with Crippen LogP contribution < -0.4 is 5.32 Å². The van der Waals surface area contributed by atoms with Crippen LogP contribution in [0, 0.1) is 12.7 Å². The van der Waals surface area contributed by atoms with Crippen molar-refractivity contribution in [2.24, 2.45) is 0 Å². The zero-order valence-electron chi connectivity index (χ0n) is 21.0. The largest absolute Gasteiger partial charge is 0.361 e. The zero-order valence-corrected chi connectivity index (χ0v) is 21.0. The van der Waals surface area contributed by atoms with E-state index in [4.69, 9.17) is 0 Å². The van der Waals surface area contributed by atoms with Crippen molar-refractivity contribution in [2.45, 2.75) is 25.8 Å². The summed E-state index contributed by atoms with van der Waals surface area (Å²) in [6, 6.07) is 19.5. The van der Waals surface area contributed by atoms with E-state index < -0.39 is 0 Å². The first kappa shape index (κ1) is 23.4. The summed E-state index contributed by atoms with van der Waals surface area (Å²) in [4.78, 5) is 23.8. The number of carbonyl (C=O) groups excluding carboxylic acids is 1. The van der Waals surface area contributed by atoms with Crippen molar-refractivity contribution >= 4 is 27.7 Å². The van der Waals surface area contributed by atoms with Crippen LogP contribution in [-0.4, -0.2) is 47.0 Å². The number of aromatic nitrogens is 2. The summed E-state index contributed by atoms with van der Waals surface area (Å²) in [6.07, 6.45) is 5.80. The van der Waals surface area contributed by atoms with E-state index in [0.717, 1.165) is 57.9 Å². The lowest BCUT2D eigenvalue weighted by Gasteiger charge is -2.24. The van der Waals surface area contributed by atoms with Crippen molar-refractivity contribution in [3.05, 3.63) is 90.0 Å². The summed E-state index contributed by atoms with van der Waals surface area (Å²) in [6.45, 7) is 3.45. The molecule has 2 aromatic heterocycles. The molecule has 1 atom stereocenters. The topological polar surface area (TPSA) is 61.0 Å². The second-order valence-corrected chi connectivity index (χ2v) is 10.1. The van der Waals surface area contributed by atoms with Gasteiger partial charge in [0, 0.05) is 48.5 Å². The summed E-state index contributed by atoms with van der Waals surface area (Å²) in [5.41, 5.74) is 6.47. The number of nitrogens with one attached hydrogen (secondary N) is 2. The Morgan fingerprint density at radius 2 is 1.89 bits per heavy atom. The number of halogens is 1. The first-order chi connectivity index (χ1) is 18.0. The highest BCUT2D eigenvalue weighted by Gasteiger charge is 2.25. The lowest BCUT2D eigenvalue weighted by Crippen LogP contribution is -2.38. The predicted molar refractivity (Wildman–Crippen MR) is 147 cm³/mol. The average Bonchev–Trinajstić information content (AvgIpc) is 3.58. The van der Waals surface area contributed by atoms with E-state index in [0.29, 0.717) is 23.2 Å². The summed E-state index contributed by atoms with van der Waals surface area (Å²) >= 11 is 0. The maximum Gasteiger partial charge on any atom is 0.255 e. The summed E-state index contributed by atoms with van der Waals surface area (Å²) < 4.78 is 14.4. The number of hydrogen-bond donors (Lipinski definition) is 2. The smallest absolute Gasteiger partial charge is 0.255 e. The highest BCUT2D eigenvalue weighted by Crippen LogP contribution is 2.34. The molecule has 0 aliphatic carbocycles. The number of carbonyl (C=O) groups is 1. The van der Waals surface area contributed by atoms with Gasteiger partial charge in [-0.2, -0.15) is 0 Å². The Labute approximate surface area is 215 Å². The zero-order chi connectivity index (χ0) is 25.5. The number of fused-ring (bicyclic) bond motifs is 2. The molecule has 1 fully saturated rings. The molecule has 1 aliphatic rings. The van der Waals surface area contributed by atoms with Crippen LogP contribution in [0.1, 0.15) is 28.8 Å². The van der Waals surface area contributed by atoms with Crippen molar-refractivity contribution in [2.75, 3.05) is 20.1 Å². The molecule has 0 bridgehead atoms. The van der Waals surface area contributed by atoms with Crippen molar-refractivity contribution < 1.29 is 9.18 Å². The number of H-pyrrole nitrogens is 1. The van der Waals surface area contributed by atoms with Gasteiger partial charge in [0.1, 0.15) is 5.82 Å². The molecule has 37 heavy (non-hydrogen) atoms. The third kappa shape index (κ3) is 4.49. The van der Waals surface area contributed by atoms with Gasteiger partial charge in [-0.3, -0.25) is 9.78 Å². The Balaban J connectivity index is 1.53. The number of benzene rings is 3. The molecule has 0 unspecified atom stereocenters. The average molecular weight is 493 g/mol. The summed E-state index contributed by atoms with van der Waals surface area (Å²) in [5.74, 6) is -0.417. The number of likely N-dealkylation sites (N-methyl/N-ethyl adjacent to an activating group) is 1. The number of rotatable bonds is 5. The van der Waals surface area contributed by atoms with E-state index in [1.165, 1.54) is 12.1 Å². The van der Waals surface area contributed by atoms with Crippen LogP contribution in [0.4, 0.5) is 4.39 Å². The normalized spacial score (nSPS) is 15.5. The van der Waals surface area contributed by atoms with Crippen molar-refractivity contribution in [3.63, 3.8) is 0 Å². The van der Waals surface area contributed by atoms with Crippen LogP contribution in [0.15, 0.2) is 73.1 Å². The Bertz CT molecular complexity index is 1610. The maximum atomic E-state index is 14.4. The Morgan fingerprint density at radius 3 is 2.70 bits per heavy atom. The van der Waals surface area contributed by atoms with Crippen LogP contribution >= 0.6 is 0 Å². The van der Waals surface area contributed by atoms with E-state index in [1.54, 1.807) is 11.1 Å². The number of aryl methyl sites for hydroxylation is 1. The van der Waals surface area contributed by atoms with Crippen LogP contribution in [0.3, 0.4) is 0 Å². The minimum Gasteiger partial charge on any atom is -0.361 e. The van der Waals surface area contributed by atoms with Gasteiger partial charge in [0.25, 0.3) is 5.91 Å². The third-order valence-corrected chi connectivity index (χ3v) is 7.33. The van der Waals surface area contributed by atoms with Gasteiger partial charge in [0.2, 0.25) is 0 Å². The van der Waals surface area contributed by atoms with Gasteiger partial charge in [0.05, 0.1) is 11.1 Å². The molecule has 5 aromatic rings. The molecule has 1 amide bonds. The summed E-state index contributed by atoms with van der Waals surface area (Å²) in [5, 5.41) is 5.39. The molecular weight excluding hydrogens is 463 g/mol. The van der Waals surface area contributed by atoms with Gasteiger partial charge < -0.3 is 15.2 Å². The van der Waals surface area contributed by atoms with Gasteiger partial charge >= 0.3 is 0 Å². The second-order valence-electron chi connectivity index (χ2n) is 10.1. The molecular formula is C31H29FN4O. The Hall–Kier alpha value is -4.03. The molecule has 1 aliphatic heterocycles. The highest BCUT2D eigenvalue weighted by atomic mass is 19.1. The monoisotopic (exact) mass is 492 g/mol. The first-order valence-corrected chi connectivity index (χ1v) is 12.7. The standard InChI is InChI=1S/C31H29FN4O/c1-19-12-23(14-24(32)13-19)27-17-35-28-8-7-21(22-6-5-20-9-11-34-29(20)16-22)15-26(28)30(27)31(37)36(2)18-25-4-3-10-33-25/h5-9,11-17,25,33-34H,3-4,10,18H2,1-2H3/t25-/m0/s1. The lowest BCUT2D eigenvalue weighted by molar-refractivity contribution is 0.0786. The quantitative estimate of drug-likeness (QED) is 0.302. The van der Waals surface area contributed by atoms with Gasteiger partial charge in [-0.1, -0.05) is 24.3 Å². The molecule has 6 heteroatoms. The molecule has 6 rings (SSSR count). The minimum atomic E-state index is -0.329. The number of pyridine rings is 1. The molecule has 2 N–H and O–H groups in total. The number of amides is 1. The highest BCUT2D eigenvalue weighted by molar-refractivity contribution is 6.12. The number of hydrogen-bond acceptors (Lipinski definition) is 3. The SMILES string of the molecule is Cc1cc(F)cc(-c2cnc3ccc(-c4ccc5cc[nH]c5c4)cc3c2C(=O)N(C)C[C@@H]2CCCN2)c1. The molecule has 0 spiro atoms. The van der Waals surface area contributed by atoms with E-state index in [-0.39, 0.29) is 17.8 Å². The summed E-state index contributed by atoms with van der Waals surface area (Å²) in [7, 11) is 1.85. The van der Waals surface area contributed by atoms with Gasteiger partial charge in [-0.15, -0.1) is 0 Å². The van der Waals surface area contributed by atoms with Gasteiger partial charge in [-0.05, 0) is 90.3 Å². The van der Waals surface area contributed by atoms with Crippen LogP contribution in [-0.2, 0) is 0 Å². The van der Waals surface area contributed by atoms with E-state index in [2.05, 4.69) is 33.5 Å². The molecule has 3 aromatic carbocycles. The molecule has 5 nitrogen and oxygen atoms in total. The van der Waals surface area contributed by atoms with E-state index in [9.17, 15) is 9.18 Å². The minimum absolute atomic E-state index is 0.0880. The van der Waals surface area contributed by atoms with Gasteiger partial charge in [-0.25, -0.2) is 4.39 Å². The molecule has 3 heterocycles. The van der Waals surface area contributed by atoms with Crippen molar-refractivity contribution in [1.82, 2.24) is 20.2 Å². The second kappa shape index (κ2) is 9.45. The molecule has 0 radical (unpaired) electrons. The van der Waals surface area contributed by atoms with Crippen molar-refractivity contribution in [3.8, 4) is 22.3 Å². The van der Waals surface area contributed by atoms with E-state index in [1.807, 2.05) is 50.5 Å². The van der Waals surface area contributed by atoms with Crippen LogP contribution in [0.2, 0.25) is 0 Å². The van der Waals surface area contributed by atoms with Gasteiger partial charge in [0.15, 0.2) is 0 Å². The van der Waals surface area contributed by atoms with Crippen LogP contribution in [0.5, 0.6) is 0 Å². The molecule has 1 saturated heterocycles.